The molecule has 1 saturated heterocycles. The number of hydrogen-bond donors (Lipinski definition) is 2. The van der Waals surface area contributed by atoms with Crippen LogP contribution in [0.5, 0.6) is 0 Å². The van der Waals surface area contributed by atoms with Gasteiger partial charge in [-0.15, -0.1) is 0 Å². The van der Waals surface area contributed by atoms with Crippen molar-refractivity contribution >= 4 is 28.6 Å². The van der Waals surface area contributed by atoms with Crippen LogP contribution in [0.1, 0.15) is 37.3 Å². The molecule has 0 bridgehead atoms. The van der Waals surface area contributed by atoms with Gasteiger partial charge >= 0.3 is 5.97 Å². The van der Waals surface area contributed by atoms with E-state index < -0.39 is 5.97 Å². The van der Waals surface area contributed by atoms with Crippen molar-refractivity contribution in [1.29, 1.82) is 0 Å². The van der Waals surface area contributed by atoms with Crippen LogP contribution in [0.25, 0.3) is 11.0 Å². The van der Waals surface area contributed by atoms with Gasteiger partial charge in [0.05, 0.1) is 30.2 Å². The highest BCUT2D eigenvalue weighted by Crippen LogP contribution is 2.37. The van der Waals surface area contributed by atoms with Crippen LogP contribution in [-0.4, -0.2) is 51.8 Å². The van der Waals surface area contributed by atoms with Crippen molar-refractivity contribution in [2.45, 2.75) is 38.3 Å². The molecular formula is C25H30N4O3. The molecule has 2 fully saturated rings. The molecule has 0 spiro atoms. The van der Waals surface area contributed by atoms with E-state index >= 15 is 0 Å². The number of carboxylic acids is 1. The molecule has 32 heavy (non-hydrogen) atoms. The molecule has 1 aliphatic carbocycles. The smallest absolute Gasteiger partial charge is 0.306 e. The summed E-state index contributed by atoms with van der Waals surface area (Å²) in [5.41, 5.74) is 4.35. The van der Waals surface area contributed by atoms with Gasteiger partial charge < -0.3 is 19.7 Å². The number of ether oxygens (including phenoxy) is 1. The molecule has 2 heterocycles. The van der Waals surface area contributed by atoms with Gasteiger partial charge in [0.2, 0.25) is 5.95 Å². The Morgan fingerprint density at radius 3 is 2.53 bits per heavy atom. The maximum absolute atomic E-state index is 11.5. The summed E-state index contributed by atoms with van der Waals surface area (Å²) in [4.78, 5) is 18.8. The van der Waals surface area contributed by atoms with Crippen molar-refractivity contribution in [1.82, 2.24) is 14.5 Å². The van der Waals surface area contributed by atoms with Crippen molar-refractivity contribution in [2.75, 3.05) is 31.6 Å². The number of aromatic nitrogens is 2. The molecule has 1 aromatic heterocycles. The van der Waals surface area contributed by atoms with Crippen molar-refractivity contribution in [2.24, 2.45) is 5.92 Å². The molecule has 0 radical (unpaired) electrons. The highest BCUT2D eigenvalue weighted by molar-refractivity contribution is 5.81. The van der Waals surface area contributed by atoms with Gasteiger partial charge in [-0.05, 0) is 55.5 Å². The van der Waals surface area contributed by atoms with E-state index in [9.17, 15) is 9.90 Å². The number of hydrogen-bond acceptors (Lipinski definition) is 5. The number of para-hydroxylation sites is 1. The minimum atomic E-state index is -0.672. The Morgan fingerprint density at radius 1 is 1.06 bits per heavy atom. The van der Waals surface area contributed by atoms with Crippen LogP contribution < -0.4 is 5.32 Å². The molecule has 2 aromatic carbocycles. The van der Waals surface area contributed by atoms with Crippen molar-refractivity contribution in [3.63, 3.8) is 0 Å². The maximum atomic E-state index is 11.5. The number of fused-ring (bicyclic) bond motifs is 1. The van der Waals surface area contributed by atoms with Gasteiger partial charge in [0.25, 0.3) is 0 Å². The van der Waals surface area contributed by atoms with Crippen molar-refractivity contribution < 1.29 is 14.6 Å². The standard InChI is InChI=1S/C25H30N4O3/c30-24(31)19-7-9-21(10-8-19)29-23-16-18(17-28-12-14-32-15-13-28)6-11-22(23)27-25(29)26-20-4-2-1-3-5-20/h1-6,11,16,19,21H,7-10,12-15,17H2,(H,26,27)(H,30,31). The van der Waals surface area contributed by atoms with E-state index in [1.165, 1.54) is 5.56 Å². The van der Waals surface area contributed by atoms with Crippen LogP contribution in [0.4, 0.5) is 11.6 Å². The van der Waals surface area contributed by atoms with E-state index in [4.69, 9.17) is 9.72 Å². The lowest BCUT2D eigenvalue weighted by Crippen LogP contribution is -2.35. The zero-order valence-corrected chi connectivity index (χ0v) is 18.2. The zero-order chi connectivity index (χ0) is 21.9. The number of morpholine rings is 1. The maximum Gasteiger partial charge on any atom is 0.306 e. The molecule has 1 saturated carbocycles. The number of anilines is 2. The quantitative estimate of drug-likeness (QED) is 0.598. The Morgan fingerprint density at radius 2 is 1.81 bits per heavy atom. The molecule has 7 heteroatoms. The first-order chi connectivity index (χ1) is 15.7. The Balaban J connectivity index is 1.48. The molecular weight excluding hydrogens is 404 g/mol. The highest BCUT2D eigenvalue weighted by atomic mass is 16.5. The molecule has 0 amide bonds. The van der Waals surface area contributed by atoms with E-state index in [1.54, 1.807) is 0 Å². The third-order valence-corrected chi connectivity index (χ3v) is 6.70. The van der Waals surface area contributed by atoms with E-state index in [1.807, 2.05) is 30.3 Å². The summed E-state index contributed by atoms with van der Waals surface area (Å²) in [6, 6.07) is 16.9. The molecule has 7 nitrogen and oxygen atoms in total. The van der Waals surface area contributed by atoms with Crippen LogP contribution in [0, 0.1) is 5.92 Å². The number of rotatable bonds is 6. The second-order valence-corrected chi connectivity index (χ2v) is 8.85. The SMILES string of the molecule is O=C(O)C1CCC(n2c(Nc3ccccc3)nc3ccc(CN4CCOCC4)cc32)CC1. The number of carbonyl (C=O) groups is 1. The predicted octanol–water partition coefficient (Wildman–Crippen LogP) is 4.43. The summed E-state index contributed by atoms with van der Waals surface area (Å²) in [6.45, 7) is 4.39. The lowest BCUT2D eigenvalue weighted by molar-refractivity contribution is -0.143. The molecule has 168 valence electrons. The minimum Gasteiger partial charge on any atom is -0.481 e. The first-order valence-corrected chi connectivity index (χ1v) is 11.5. The second kappa shape index (κ2) is 9.30. The molecule has 0 atom stereocenters. The topological polar surface area (TPSA) is 79.6 Å². The Labute approximate surface area is 188 Å². The number of carboxylic acid groups (broad SMARTS) is 1. The first kappa shape index (κ1) is 21.0. The molecule has 1 aliphatic heterocycles. The molecule has 5 rings (SSSR count). The summed E-state index contributed by atoms with van der Waals surface area (Å²) >= 11 is 0. The number of aliphatic carboxylic acids is 1. The monoisotopic (exact) mass is 434 g/mol. The van der Waals surface area contributed by atoms with Crippen LogP contribution in [0.2, 0.25) is 0 Å². The lowest BCUT2D eigenvalue weighted by Gasteiger charge is -2.29. The first-order valence-electron chi connectivity index (χ1n) is 11.5. The minimum absolute atomic E-state index is 0.233. The Kier molecular flexibility index (Phi) is 6.10. The van der Waals surface area contributed by atoms with E-state index in [0.717, 1.165) is 68.4 Å². The summed E-state index contributed by atoms with van der Waals surface area (Å²) in [5.74, 6) is -0.0775. The summed E-state index contributed by atoms with van der Waals surface area (Å²) in [7, 11) is 0. The largest absolute Gasteiger partial charge is 0.481 e. The van der Waals surface area contributed by atoms with Gasteiger partial charge in [0.1, 0.15) is 0 Å². The van der Waals surface area contributed by atoms with E-state index in [2.05, 4.69) is 33.0 Å². The van der Waals surface area contributed by atoms with Gasteiger partial charge in [-0.2, -0.15) is 0 Å². The molecule has 2 N–H and O–H groups in total. The summed E-state index contributed by atoms with van der Waals surface area (Å²) in [6.07, 6.45) is 3.11. The van der Waals surface area contributed by atoms with Crippen molar-refractivity contribution in [3.05, 3.63) is 54.1 Å². The third-order valence-electron chi connectivity index (χ3n) is 6.70. The summed E-state index contributed by atoms with van der Waals surface area (Å²) in [5, 5.41) is 12.9. The summed E-state index contributed by atoms with van der Waals surface area (Å²) < 4.78 is 7.79. The normalized spacial score (nSPS) is 22.1. The van der Waals surface area contributed by atoms with Gasteiger partial charge in [-0.25, -0.2) is 4.98 Å². The number of nitrogens with zero attached hydrogens (tertiary/aromatic N) is 3. The second-order valence-electron chi connectivity index (χ2n) is 8.85. The van der Waals surface area contributed by atoms with Gasteiger partial charge in [0, 0.05) is 31.4 Å². The fraction of sp³-hybridized carbons (Fsp3) is 0.440. The van der Waals surface area contributed by atoms with Crippen LogP contribution in [-0.2, 0) is 16.1 Å². The number of imidazole rings is 1. The highest BCUT2D eigenvalue weighted by Gasteiger charge is 2.29. The van der Waals surface area contributed by atoms with Gasteiger partial charge in [-0.3, -0.25) is 9.69 Å². The van der Waals surface area contributed by atoms with Crippen LogP contribution in [0.3, 0.4) is 0 Å². The van der Waals surface area contributed by atoms with Crippen LogP contribution >= 0.6 is 0 Å². The lowest BCUT2D eigenvalue weighted by atomic mass is 9.86. The third kappa shape index (κ3) is 4.49. The number of nitrogens with one attached hydrogen (secondary N) is 1. The molecule has 3 aromatic rings. The van der Waals surface area contributed by atoms with Crippen molar-refractivity contribution in [3.8, 4) is 0 Å². The Bertz CT molecular complexity index is 1070. The average molecular weight is 435 g/mol. The van der Waals surface area contributed by atoms with Crippen LogP contribution in [0.15, 0.2) is 48.5 Å². The molecule has 0 unspecified atom stereocenters. The van der Waals surface area contributed by atoms with Gasteiger partial charge in [-0.1, -0.05) is 24.3 Å². The fourth-order valence-electron chi connectivity index (χ4n) is 4.94. The average Bonchev–Trinajstić information content (AvgIpc) is 3.17. The fourth-order valence-corrected chi connectivity index (χ4v) is 4.94. The number of benzene rings is 2. The van der Waals surface area contributed by atoms with E-state index in [-0.39, 0.29) is 12.0 Å². The Hall–Kier alpha value is -2.90. The van der Waals surface area contributed by atoms with E-state index in [0.29, 0.717) is 12.8 Å². The zero-order valence-electron chi connectivity index (χ0n) is 18.2. The van der Waals surface area contributed by atoms with Gasteiger partial charge in [0.15, 0.2) is 0 Å². The predicted molar refractivity (Wildman–Crippen MR) is 124 cm³/mol. The molecule has 2 aliphatic rings.